The number of aliphatic hydroxyl groups excluding tert-OH is 1. The Bertz CT molecular complexity index is 464. The summed E-state index contributed by atoms with van der Waals surface area (Å²) in [5, 5.41) is 22.2. The van der Waals surface area contributed by atoms with Crippen LogP contribution in [0.5, 0.6) is 0 Å². The third-order valence-corrected chi connectivity index (χ3v) is 3.92. The molecule has 4 nitrogen and oxygen atoms in total. The fourth-order valence-corrected chi connectivity index (χ4v) is 2.78. The van der Waals surface area contributed by atoms with Gasteiger partial charge < -0.3 is 15.5 Å². The molecule has 3 N–H and O–H groups in total. The number of benzene rings is 1. The summed E-state index contributed by atoms with van der Waals surface area (Å²) >= 11 is 0. The van der Waals surface area contributed by atoms with Crippen LogP contribution in [0.3, 0.4) is 0 Å². The number of aromatic carboxylic acids is 1. The van der Waals surface area contributed by atoms with Crippen molar-refractivity contribution in [3.63, 3.8) is 0 Å². The summed E-state index contributed by atoms with van der Waals surface area (Å²) in [5.74, 6) is -0.935. The average molecular weight is 263 g/mol. The fourth-order valence-electron chi connectivity index (χ4n) is 2.78. The van der Waals surface area contributed by atoms with E-state index in [1.807, 2.05) is 13.0 Å². The standard InChI is InChI=1S/C15H21NO3/c1-11-5-6-13(12(9-11)14(18)19)16-15(10-17)7-3-2-4-8-15/h5-6,9,16-17H,2-4,7-8,10H2,1H3,(H,18,19). The molecular weight excluding hydrogens is 242 g/mol. The number of nitrogens with one attached hydrogen (secondary N) is 1. The van der Waals surface area contributed by atoms with E-state index < -0.39 is 5.97 Å². The highest BCUT2D eigenvalue weighted by Gasteiger charge is 2.32. The van der Waals surface area contributed by atoms with Crippen molar-refractivity contribution < 1.29 is 15.0 Å². The lowest BCUT2D eigenvalue weighted by Crippen LogP contribution is -2.44. The molecule has 0 radical (unpaired) electrons. The maximum atomic E-state index is 11.3. The van der Waals surface area contributed by atoms with Gasteiger partial charge in [0.05, 0.1) is 17.7 Å². The molecule has 4 heteroatoms. The van der Waals surface area contributed by atoms with Gasteiger partial charge in [-0.1, -0.05) is 30.9 Å². The van der Waals surface area contributed by atoms with E-state index in [-0.39, 0.29) is 17.7 Å². The minimum atomic E-state index is -0.935. The van der Waals surface area contributed by atoms with Gasteiger partial charge in [0.2, 0.25) is 0 Å². The maximum Gasteiger partial charge on any atom is 0.337 e. The molecule has 0 spiro atoms. The van der Waals surface area contributed by atoms with Crippen molar-refractivity contribution in [2.24, 2.45) is 0 Å². The lowest BCUT2D eigenvalue weighted by atomic mass is 9.82. The molecule has 0 aliphatic heterocycles. The van der Waals surface area contributed by atoms with Crippen molar-refractivity contribution in [1.82, 2.24) is 0 Å². The van der Waals surface area contributed by atoms with Crippen LogP contribution in [0, 0.1) is 6.92 Å². The molecule has 1 aliphatic rings. The second-order valence-electron chi connectivity index (χ2n) is 5.48. The number of rotatable bonds is 4. The Kier molecular flexibility index (Phi) is 4.10. The quantitative estimate of drug-likeness (QED) is 0.781. The molecule has 1 aromatic carbocycles. The highest BCUT2D eigenvalue weighted by atomic mass is 16.4. The van der Waals surface area contributed by atoms with Crippen LogP contribution in [0.2, 0.25) is 0 Å². The number of carboxylic acids is 1. The smallest absolute Gasteiger partial charge is 0.337 e. The average Bonchev–Trinajstić information content (AvgIpc) is 2.42. The number of hydrogen-bond acceptors (Lipinski definition) is 3. The monoisotopic (exact) mass is 263 g/mol. The van der Waals surface area contributed by atoms with Crippen LogP contribution in [0.1, 0.15) is 48.0 Å². The highest BCUT2D eigenvalue weighted by molar-refractivity contribution is 5.94. The van der Waals surface area contributed by atoms with Gasteiger partial charge >= 0.3 is 5.97 Å². The van der Waals surface area contributed by atoms with E-state index in [2.05, 4.69) is 5.32 Å². The summed E-state index contributed by atoms with van der Waals surface area (Å²) in [7, 11) is 0. The van der Waals surface area contributed by atoms with Crippen LogP contribution in [-0.4, -0.2) is 28.3 Å². The Hall–Kier alpha value is -1.55. The molecule has 0 unspecified atom stereocenters. The van der Waals surface area contributed by atoms with Gasteiger partial charge in [-0.05, 0) is 31.9 Å². The van der Waals surface area contributed by atoms with E-state index in [9.17, 15) is 15.0 Å². The van der Waals surface area contributed by atoms with E-state index in [0.717, 1.165) is 31.2 Å². The molecule has 0 bridgehead atoms. The van der Waals surface area contributed by atoms with Crippen LogP contribution in [0.25, 0.3) is 0 Å². The van der Waals surface area contributed by atoms with E-state index in [4.69, 9.17) is 0 Å². The first-order valence-electron chi connectivity index (χ1n) is 6.79. The number of aliphatic hydroxyl groups is 1. The summed E-state index contributed by atoms with van der Waals surface area (Å²) in [6, 6.07) is 5.35. The number of carbonyl (C=O) groups is 1. The molecule has 0 atom stereocenters. The van der Waals surface area contributed by atoms with Crippen molar-refractivity contribution in [3.05, 3.63) is 29.3 Å². The van der Waals surface area contributed by atoms with Crippen molar-refractivity contribution in [1.29, 1.82) is 0 Å². The van der Waals surface area contributed by atoms with Gasteiger partial charge in [-0.15, -0.1) is 0 Å². The Morgan fingerprint density at radius 2 is 2.00 bits per heavy atom. The minimum absolute atomic E-state index is 0.0416. The molecule has 19 heavy (non-hydrogen) atoms. The Morgan fingerprint density at radius 3 is 2.58 bits per heavy atom. The van der Waals surface area contributed by atoms with Crippen LogP contribution in [0.4, 0.5) is 5.69 Å². The molecule has 0 heterocycles. The van der Waals surface area contributed by atoms with Gasteiger partial charge in [0.1, 0.15) is 0 Å². The second kappa shape index (κ2) is 5.61. The summed E-state index contributed by atoms with van der Waals surface area (Å²) in [6.45, 7) is 1.92. The number of anilines is 1. The van der Waals surface area contributed by atoms with Crippen molar-refractivity contribution >= 4 is 11.7 Å². The van der Waals surface area contributed by atoms with Crippen LogP contribution in [-0.2, 0) is 0 Å². The Morgan fingerprint density at radius 1 is 1.32 bits per heavy atom. The van der Waals surface area contributed by atoms with Crippen LogP contribution < -0.4 is 5.32 Å². The first-order valence-corrected chi connectivity index (χ1v) is 6.79. The van der Waals surface area contributed by atoms with Crippen molar-refractivity contribution in [2.75, 3.05) is 11.9 Å². The Balaban J connectivity index is 2.28. The number of hydrogen-bond donors (Lipinski definition) is 3. The van der Waals surface area contributed by atoms with Crippen LogP contribution in [0.15, 0.2) is 18.2 Å². The summed E-state index contributed by atoms with van der Waals surface area (Å²) in [6.07, 6.45) is 5.10. The summed E-state index contributed by atoms with van der Waals surface area (Å²) in [4.78, 5) is 11.3. The lowest BCUT2D eigenvalue weighted by Gasteiger charge is -2.37. The zero-order chi connectivity index (χ0) is 13.9. The zero-order valence-corrected chi connectivity index (χ0v) is 11.3. The Labute approximate surface area is 113 Å². The van der Waals surface area contributed by atoms with Crippen molar-refractivity contribution in [3.8, 4) is 0 Å². The summed E-state index contributed by atoms with van der Waals surface area (Å²) in [5.41, 5.74) is 1.44. The largest absolute Gasteiger partial charge is 0.478 e. The van der Waals surface area contributed by atoms with Gasteiger partial charge in [-0.2, -0.15) is 0 Å². The predicted molar refractivity (Wildman–Crippen MR) is 74.7 cm³/mol. The van der Waals surface area contributed by atoms with Gasteiger partial charge in [-0.25, -0.2) is 4.79 Å². The minimum Gasteiger partial charge on any atom is -0.478 e. The molecule has 1 saturated carbocycles. The molecule has 2 rings (SSSR count). The second-order valence-corrected chi connectivity index (χ2v) is 5.48. The fraction of sp³-hybridized carbons (Fsp3) is 0.533. The van der Waals surface area contributed by atoms with Crippen LogP contribution >= 0.6 is 0 Å². The van der Waals surface area contributed by atoms with E-state index in [0.29, 0.717) is 5.69 Å². The normalized spacial score (nSPS) is 18.0. The van der Waals surface area contributed by atoms with E-state index in [1.165, 1.54) is 6.42 Å². The molecule has 1 fully saturated rings. The first kappa shape index (κ1) is 13.9. The molecule has 1 aliphatic carbocycles. The highest BCUT2D eigenvalue weighted by Crippen LogP contribution is 2.32. The molecule has 0 aromatic heterocycles. The van der Waals surface area contributed by atoms with Crippen molar-refractivity contribution in [2.45, 2.75) is 44.6 Å². The molecular formula is C15H21NO3. The van der Waals surface area contributed by atoms with Gasteiger partial charge in [0.15, 0.2) is 0 Å². The molecule has 1 aromatic rings. The first-order chi connectivity index (χ1) is 9.06. The molecule has 0 saturated heterocycles. The number of aryl methyl sites for hydroxylation is 1. The predicted octanol–water partition coefficient (Wildman–Crippen LogP) is 2.80. The molecule has 104 valence electrons. The maximum absolute atomic E-state index is 11.3. The summed E-state index contributed by atoms with van der Waals surface area (Å²) < 4.78 is 0. The zero-order valence-electron chi connectivity index (χ0n) is 11.3. The SMILES string of the molecule is Cc1ccc(NC2(CO)CCCCC2)c(C(=O)O)c1. The molecule has 0 amide bonds. The van der Waals surface area contributed by atoms with E-state index in [1.54, 1.807) is 12.1 Å². The van der Waals surface area contributed by atoms with Gasteiger partial charge in [0.25, 0.3) is 0 Å². The van der Waals surface area contributed by atoms with Gasteiger partial charge in [0, 0.05) is 5.69 Å². The van der Waals surface area contributed by atoms with Gasteiger partial charge in [-0.3, -0.25) is 0 Å². The third-order valence-electron chi connectivity index (χ3n) is 3.92. The third kappa shape index (κ3) is 3.07. The topological polar surface area (TPSA) is 69.6 Å². The van der Waals surface area contributed by atoms with E-state index >= 15 is 0 Å². The number of carboxylic acid groups (broad SMARTS) is 1. The lowest BCUT2D eigenvalue weighted by molar-refractivity contribution is 0.0697.